The van der Waals surface area contributed by atoms with Gasteiger partial charge in [-0.1, -0.05) is 6.92 Å². The van der Waals surface area contributed by atoms with Crippen LogP contribution in [0.2, 0.25) is 0 Å². The molecule has 0 aliphatic heterocycles. The van der Waals surface area contributed by atoms with E-state index in [2.05, 4.69) is 17.0 Å². The quantitative estimate of drug-likeness (QED) is 0.673. The smallest absolute Gasteiger partial charge is 0.338 e. The van der Waals surface area contributed by atoms with Crippen LogP contribution < -0.4 is 14.8 Å². The van der Waals surface area contributed by atoms with Gasteiger partial charge in [0.25, 0.3) is 5.91 Å². The summed E-state index contributed by atoms with van der Waals surface area (Å²) >= 11 is 0. The Hall–Kier alpha value is -2.13. The number of hydrogen-bond acceptors (Lipinski definition) is 6. The first-order valence-electron chi connectivity index (χ1n) is 8.85. The number of sulfonamides is 1. The van der Waals surface area contributed by atoms with Gasteiger partial charge < -0.3 is 14.8 Å². The monoisotopic (exact) mass is 398 g/mol. The molecule has 1 aliphatic rings. The zero-order valence-corrected chi connectivity index (χ0v) is 16.6. The highest BCUT2D eigenvalue weighted by molar-refractivity contribution is 7.89. The summed E-state index contributed by atoms with van der Waals surface area (Å²) in [6, 6.07) is 4.02. The average Bonchev–Trinajstić information content (AvgIpc) is 2.67. The fraction of sp³-hybridized carbons (Fsp3) is 0.556. The number of carbonyl (C=O) groups excluding carboxylic acids is 2. The number of methoxy groups -OCH3 is 1. The van der Waals surface area contributed by atoms with Gasteiger partial charge in [-0.3, -0.25) is 4.79 Å². The van der Waals surface area contributed by atoms with Gasteiger partial charge in [-0.2, -0.15) is 0 Å². The van der Waals surface area contributed by atoms with Crippen LogP contribution in [-0.2, 0) is 19.6 Å². The molecule has 0 atom stereocenters. The van der Waals surface area contributed by atoms with Crippen LogP contribution in [0.5, 0.6) is 5.75 Å². The predicted molar refractivity (Wildman–Crippen MR) is 99.1 cm³/mol. The third kappa shape index (κ3) is 5.67. The maximum absolute atomic E-state index is 12.2. The van der Waals surface area contributed by atoms with Gasteiger partial charge in [0, 0.05) is 6.04 Å². The van der Waals surface area contributed by atoms with Crippen molar-refractivity contribution in [3.05, 3.63) is 23.8 Å². The van der Waals surface area contributed by atoms with E-state index in [-0.39, 0.29) is 28.2 Å². The molecule has 0 spiro atoms. The first kappa shape index (κ1) is 21.2. The number of rotatable bonds is 7. The number of amides is 1. The second-order valence-corrected chi connectivity index (χ2v) is 8.53. The molecule has 1 aliphatic carbocycles. The normalized spacial score (nSPS) is 20.0. The van der Waals surface area contributed by atoms with Crippen molar-refractivity contribution >= 4 is 21.9 Å². The summed E-state index contributed by atoms with van der Waals surface area (Å²) in [5.41, 5.74) is 0.0175. The number of carbonyl (C=O) groups is 2. The zero-order valence-electron chi connectivity index (χ0n) is 15.8. The van der Waals surface area contributed by atoms with Gasteiger partial charge in [0.1, 0.15) is 10.6 Å². The maximum Gasteiger partial charge on any atom is 0.338 e. The van der Waals surface area contributed by atoms with Crippen LogP contribution in [0, 0.1) is 5.92 Å². The Morgan fingerprint density at radius 3 is 2.44 bits per heavy atom. The Balaban J connectivity index is 1.97. The Morgan fingerprint density at radius 2 is 1.85 bits per heavy atom. The summed E-state index contributed by atoms with van der Waals surface area (Å²) in [6.07, 6.45) is 3.98. The van der Waals surface area contributed by atoms with E-state index >= 15 is 0 Å². The Kier molecular flexibility index (Phi) is 7.20. The van der Waals surface area contributed by atoms with Crippen LogP contribution in [0.1, 0.15) is 43.0 Å². The molecule has 1 saturated carbocycles. The number of hydrogen-bond donors (Lipinski definition) is 2. The predicted octanol–water partition coefficient (Wildman–Crippen LogP) is 1.45. The van der Waals surface area contributed by atoms with Crippen molar-refractivity contribution in [1.29, 1.82) is 0 Å². The maximum atomic E-state index is 12.2. The molecule has 1 amide bonds. The molecule has 0 bridgehead atoms. The van der Waals surface area contributed by atoms with Crippen molar-refractivity contribution in [1.82, 2.24) is 10.0 Å². The van der Waals surface area contributed by atoms with Crippen LogP contribution in [0.25, 0.3) is 0 Å². The second kappa shape index (κ2) is 9.18. The van der Waals surface area contributed by atoms with Crippen LogP contribution in [0.4, 0.5) is 0 Å². The summed E-state index contributed by atoms with van der Waals surface area (Å²) < 4.78 is 36.3. The third-order valence-corrected chi connectivity index (χ3v) is 6.11. The van der Waals surface area contributed by atoms with E-state index in [9.17, 15) is 18.0 Å². The van der Waals surface area contributed by atoms with Crippen molar-refractivity contribution in [2.45, 2.75) is 43.5 Å². The van der Waals surface area contributed by atoms with Crippen LogP contribution in [0.15, 0.2) is 23.1 Å². The largest absolute Gasteiger partial charge is 0.495 e. The van der Waals surface area contributed by atoms with Crippen LogP contribution in [0.3, 0.4) is 0 Å². The van der Waals surface area contributed by atoms with Crippen molar-refractivity contribution in [3.63, 3.8) is 0 Å². The zero-order chi connectivity index (χ0) is 20.0. The van der Waals surface area contributed by atoms with Gasteiger partial charge in [-0.15, -0.1) is 0 Å². The molecule has 27 heavy (non-hydrogen) atoms. The highest BCUT2D eigenvalue weighted by atomic mass is 32.2. The molecule has 1 aromatic rings. The Labute approximate surface area is 159 Å². The minimum atomic E-state index is -3.81. The SMILES string of the molecule is CNS(=O)(=O)c1cc(C(=O)OCC(=O)NC2CCC(C)CC2)ccc1OC. The second-order valence-electron chi connectivity index (χ2n) is 6.67. The van der Waals surface area contributed by atoms with Gasteiger partial charge in [0.2, 0.25) is 10.0 Å². The van der Waals surface area contributed by atoms with Gasteiger partial charge in [0.05, 0.1) is 12.7 Å². The molecule has 0 radical (unpaired) electrons. The molecule has 0 aromatic heterocycles. The molecule has 0 unspecified atom stereocenters. The van der Waals surface area contributed by atoms with Gasteiger partial charge in [-0.05, 0) is 56.8 Å². The summed E-state index contributed by atoms with van der Waals surface area (Å²) in [7, 11) is -1.22. The molecule has 2 rings (SSSR count). The van der Waals surface area contributed by atoms with E-state index < -0.39 is 22.6 Å². The first-order valence-corrected chi connectivity index (χ1v) is 10.3. The fourth-order valence-electron chi connectivity index (χ4n) is 3.01. The molecule has 1 aromatic carbocycles. The van der Waals surface area contributed by atoms with Crippen molar-refractivity contribution in [3.8, 4) is 5.75 Å². The lowest BCUT2D eigenvalue weighted by atomic mass is 9.87. The molecule has 2 N–H and O–H groups in total. The fourth-order valence-corrected chi connectivity index (χ4v) is 3.93. The standard InChI is InChI=1S/C18H26N2O6S/c1-12-4-7-14(8-5-12)20-17(21)11-26-18(22)13-6-9-15(25-3)16(10-13)27(23,24)19-2/h6,9-10,12,14,19H,4-5,7-8,11H2,1-3H3,(H,20,21). The highest BCUT2D eigenvalue weighted by Crippen LogP contribution is 2.25. The van der Waals surface area contributed by atoms with Crippen molar-refractivity contribution < 1.29 is 27.5 Å². The summed E-state index contributed by atoms with van der Waals surface area (Å²) in [5, 5.41) is 2.87. The average molecular weight is 398 g/mol. The first-order chi connectivity index (χ1) is 12.8. The lowest BCUT2D eigenvalue weighted by Crippen LogP contribution is -2.39. The van der Waals surface area contributed by atoms with E-state index in [4.69, 9.17) is 9.47 Å². The molecule has 150 valence electrons. The molecular weight excluding hydrogens is 372 g/mol. The van der Waals surface area contributed by atoms with Crippen LogP contribution in [-0.4, -0.2) is 47.1 Å². The van der Waals surface area contributed by atoms with E-state index in [1.807, 2.05) is 0 Å². The summed E-state index contributed by atoms with van der Waals surface area (Å²) in [5.74, 6) is -0.364. The minimum absolute atomic E-state index is 0.0175. The van der Waals surface area contributed by atoms with Gasteiger partial charge in [-0.25, -0.2) is 17.9 Å². The number of benzene rings is 1. The molecule has 9 heteroatoms. The van der Waals surface area contributed by atoms with Gasteiger partial charge in [0.15, 0.2) is 6.61 Å². The van der Waals surface area contributed by atoms with Crippen LogP contribution >= 0.6 is 0 Å². The molecule has 0 saturated heterocycles. The molecule has 1 fully saturated rings. The topological polar surface area (TPSA) is 111 Å². The third-order valence-electron chi connectivity index (χ3n) is 4.67. The number of ether oxygens (including phenoxy) is 2. The molecular formula is C18H26N2O6S. The van der Waals surface area contributed by atoms with Crippen molar-refractivity contribution in [2.75, 3.05) is 20.8 Å². The lowest BCUT2D eigenvalue weighted by Gasteiger charge is -2.26. The van der Waals surface area contributed by atoms with E-state index in [1.54, 1.807) is 0 Å². The highest BCUT2D eigenvalue weighted by Gasteiger charge is 2.22. The summed E-state index contributed by atoms with van der Waals surface area (Å²) in [4.78, 5) is 24.0. The van der Waals surface area contributed by atoms with E-state index in [1.165, 1.54) is 26.3 Å². The van der Waals surface area contributed by atoms with Gasteiger partial charge >= 0.3 is 5.97 Å². The minimum Gasteiger partial charge on any atom is -0.495 e. The molecule has 8 nitrogen and oxygen atoms in total. The Morgan fingerprint density at radius 1 is 1.19 bits per heavy atom. The van der Waals surface area contributed by atoms with E-state index in [0.29, 0.717) is 5.92 Å². The van der Waals surface area contributed by atoms with E-state index in [0.717, 1.165) is 31.7 Å². The number of esters is 1. The lowest BCUT2D eigenvalue weighted by molar-refractivity contribution is -0.125. The van der Waals surface area contributed by atoms with Crippen molar-refractivity contribution in [2.24, 2.45) is 5.92 Å². The number of nitrogens with one attached hydrogen (secondary N) is 2. The Bertz CT molecular complexity index is 785. The molecule has 0 heterocycles. The summed E-state index contributed by atoms with van der Waals surface area (Å²) in [6.45, 7) is 1.78.